The summed E-state index contributed by atoms with van der Waals surface area (Å²) in [6.45, 7) is 3.62. The fourth-order valence-electron chi connectivity index (χ4n) is 0.421. The van der Waals surface area contributed by atoms with Crippen LogP contribution in [0.1, 0.15) is 12.8 Å². The van der Waals surface area contributed by atoms with Gasteiger partial charge in [-0.1, -0.05) is 12.5 Å². The minimum atomic E-state index is 0.677. The lowest BCUT2D eigenvalue weighted by Crippen LogP contribution is -1.90. The molecule has 0 aromatic heterocycles. The molecule has 0 fully saturated rings. The fourth-order valence-corrected chi connectivity index (χ4v) is 0.973. The molecule has 46 valence electrons. The Kier molecular flexibility index (Phi) is 6.85. The van der Waals surface area contributed by atoms with Gasteiger partial charge in [0.05, 0.1) is 0 Å². The van der Waals surface area contributed by atoms with Crippen LogP contribution in [0.2, 0.25) is 6.04 Å². The van der Waals surface area contributed by atoms with E-state index in [9.17, 15) is 0 Å². The maximum atomic E-state index is 4.88. The van der Waals surface area contributed by atoms with E-state index in [1.54, 1.807) is 7.11 Å². The zero-order chi connectivity index (χ0) is 6.24. The molecule has 0 saturated carbocycles. The Labute approximate surface area is 53.7 Å². The van der Waals surface area contributed by atoms with Crippen LogP contribution in [0.5, 0.6) is 0 Å². The van der Waals surface area contributed by atoms with Gasteiger partial charge in [-0.05, 0) is 12.5 Å². The molecule has 1 nitrogen and oxygen atoms in total. The van der Waals surface area contributed by atoms with Crippen LogP contribution in [0.25, 0.3) is 0 Å². The SMILES string of the molecule is C=CCCC[Si]OC. The minimum absolute atomic E-state index is 0.677. The summed E-state index contributed by atoms with van der Waals surface area (Å²) in [6, 6.07) is 1.18. The third kappa shape index (κ3) is 5.92. The van der Waals surface area contributed by atoms with E-state index in [2.05, 4.69) is 6.58 Å². The second-order valence-corrected chi connectivity index (χ2v) is 2.73. The number of rotatable bonds is 5. The highest BCUT2D eigenvalue weighted by Gasteiger charge is 1.84. The zero-order valence-corrected chi connectivity index (χ0v) is 6.31. The molecule has 0 unspecified atom stereocenters. The molecule has 0 N–H and O–H groups in total. The van der Waals surface area contributed by atoms with Gasteiger partial charge in [-0.2, -0.15) is 0 Å². The van der Waals surface area contributed by atoms with Crippen LogP contribution in [-0.4, -0.2) is 16.9 Å². The van der Waals surface area contributed by atoms with Crippen molar-refractivity contribution in [2.75, 3.05) is 7.11 Å². The standard InChI is InChI=1S/C6H12OSi/c1-3-4-5-6-8-7-2/h3H,1,4-6H2,2H3. The molecule has 0 amide bonds. The van der Waals surface area contributed by atoms with Gasteiger partial charge in [0.2, 0.25) is 9.76 Å². The largest absolute Gasteiger partial charge is 0.421 e. The van der Waals surface area contributed by atoms with Crippen molar-refractivity contribution in [3.8, 4) is 0 Å². The molecular formula is C6H12OSi. The van der Waals surface area contributed by atoms with Gasteiger partial charge in [0.15, 0.2) is 0 Å². The number of allylic oxidation sites excluding steroid dienone is 1. The Balaban J connectivity index is 2.62. The van der Waals surface area contributed by atoms with Crippen molar-refractivity contribution in [1.29, 1.82) is 0 Å². The molecule has 2 radical (unpaired) electrons. The lowest BCUT2D eigenvalue weighted by atomic mass is 10.3. The summed E-state index contributed by atoms with van der Waals surface area (Å²) in [5.41, 5.74) is 0. The lowest BCUT2D eigenvalue weighted by molar-refractivity contribution is 0.439. The molecule has 0 rings (SSSR count). The normalized spacial score (nSPS) is 9.12. The van der Waals surface area contributed by atoms with Crippen LogP contribution in [0.15, 0.2) is 12.7 Å². The average molecular weight is 128 g/mol. The van der Waals surface area contributed by atoms with Gasteiger partial charge in [-0.25, -0.2) is 0 Å². The van der Waals surface area contributed by atoms with Gasteiger partial charge in [-0.15, -0.1) is 6.58 Å². The Hall–Kier alpha value is -0.0831. The predicted molar refractivity (Wildman–Crippen MR) is 37.0 cm³/mol. The van der Waals surface area contributed by atoms with E-state index in [0.29, 0.717) is 9.76 Å². The second kappa shape index (κ2) is 6.92. The molecular weight excluding hydrogens is 116 g/mol. The van der Waals surface area contributed by atoms with Crippen LogP contribution in [0.3, 0.4) is 0 Å². The van der Waals surface area contributed by atoms with E-state index in [0.717, 1.165) is 6.42 Å². The Morgan fingerprint density at radius 3 is 3.00 bits per heavy atom. The van der Waals surface area contributed by atoms with Crippen molar-refractivity contribution in [2.45, 2.75) is 18.9 Å². The first-order valence-electron chi connectivity index (χ1n) is 2.78. The Morgan fingerprint density at radius 2 is 2.50 bits per heavy atom. The van der Waals surface area contributed by atoms with Crippen molar-refractivity contribution < 1.29 is 4.43 Å². The summed E-state index contributed by atoms with van der Waals surface area (Å²) in [6.07, 6.45) is 4.28. The van der Waals surface area contributed by atoms with Gasteiger partial charge in [-0.3, -0.25) is 0 Å². The first-order chi connectivity index (χ1) is 3.91. The molecule has 0 heterocycles. The van der Waals surface area contributed by atoms with Crippen molar-refractivity contribution in [3.63, 3.8) is 0 Å². The molecule has 0 spiro atoms. The summed E-state index contributed by atoms with van der Waals surface area (Å²) in [4.78, 5) is 0. The van der Waals surface area contributed by atoms with E-state index in [1.807, 2.05) is 6.08 Å². The van der Waals surface area contributed by atoms with Crippen LogP contribution < -0.4 is 0 Å². The maximum absolute atomic E-state index is 4.88. The molecule has 0 saturated heterocycles. The summed E-state index contributed by atoms with van der Waals surface area (Å²) in [5.74, 6) is 0. The van der Waals surface area contributed by atoms with E-state index < -0.39 is 0 Å². The highest BCUT2D eigenvalue weighted by atomic mass is 28.2. The molecule has 0 aliphatic rings. The highest BCUT2D eigenvalue weighted by Crippen LogP contribution is 1.94. The van der Waals surface area contributed by atoms with Gasteiger partial charge in [0.25, 0.3) is 0 Å². The molecule has 2 heteroatoms. The van der Waals surface area contributed by atoms with Crippen LogP contribution >= 0.6 is 0 Å². The van der Waals surface area contributed by atoms with Crippen molar-refractivity contribution in [1.82, 2.24) is 0 Å². The van der Waals surface area contributed by atoms with Crippen LogP contribution in [-0.2, 0) is 4.43 Å². The molecule has 8 heavy (non-hydrogen) atoms. The van der Waals surface area contributed by atoms with E-state index in [1.165, 1.54) is 12.5 Å². The fraction of sp³-hybridized carbons (Fsp3) is 0.667. The second-order valence-electron chi connectivity index (χ2n) is 1.53. The quantitative estimate of drug-likeness (QED) is 0.311. The summed E-state index contributed by atoms with van der Waals surface area (Å²) < 4.78 is 4.88. The van der Waals surface area contributed by atoms with E-state index in [-0.39, 0.29) is 0 Å². The molecule has 0 bridgehead atoms. The first-order valence-corrected chi connectivity index (χ1v) is 3.90. The van der Waals surface area contributed by atoms with E-state index in [4.69, 9.17) is 4.43 Å². The average Bonchev–Trinajstić information content (AvgIpc) is 1.81. The van der Waals surface area contributed by atoms with Crippen molar-refractivity contribution >= 4 is 9.76 Å². The van der Waals surface area contributed by atoms with Gasteiger partial charge >= 0.3 is 0 Å². The van der Waals surface area contributed by atoms with Gasteiger partial charge in [0, 0.05) is 7.11 Å². The highest BCUT2D eigenvalue weighted by molar-refractivity contribution is 6.26. The minimum Gasteiger partial charge on any atom is -0.421 e. The smallest absolute Gasteiger partial charge is 0.229 e. The van der Waals surface area contributed by atoms with Gasteiger partial charge < -0.3 is 4.43 Å². The zero-order valence-electron chi connectivity index (χ0n) is 5.31. The topological polar surface area (TPSA) is 9.23 Å². The van der Waals surface area contributed by atoms with Crippen molar-refractivity contribution in [3.05, 3.63) is 12.7 Å². The van der Waals surface area contributed by atoms with E-state index >= 15 is 0 Å². The molecule has 0 atom stereocenters. The lowest BCUT2D eigenvalue weighted by Gasteiger charge is -1.91. The van der Waals surface area contributed by atoms with Crippen LogP contribution in [0.4, 0.5) is 0 Å². The predicted octanol–water partition coefficient (Wildman–Crippen LogP) is 1.64. The number of hydrogen-bond acceptors (Lipinski definition) is 1. The Morgan fingerprint density at radius 1 is 1.75 bits per heavy atom. The summed E-state index contributed by atoms with van der Waals surface area (Å²) >= 11 is 0. The molecule has 0 aromatic carbocycles. The maximum Gasteiger partial charge on any atom is 0.229 e. The number of hydrogen-bond donors (Lipinski definition) is 0. The summed E-state index contributed by atoms with van der Waals surface area (Å²) in [5, 5.41) is 0. The van der Waals surface area contributed by atoms with Gasteiger partial charge in [0.1, 0.15) is 0 Å². The first kappa shape index (κ1) is 7.92. The monoisotopic (exact) mass is 128 g/mol. The third-order valence-corrected chi connectivity index (χ3v) is 1.68. The Bertz CT molecular complexity index is 54.5. The number of unbranched alkanes of at least 4 members (excludes halogenated alkanes) is 1. The molecule has 0 aromatic rings. The molecule has 0 aliphatic carbocycles. The summed E-state index contributed by atoms with van der Waals surface area (Å²) in [7, 11) is 2.42. The van der Waals surface area contributed by atoms with Crippen LogP contribution in [0, 0.1) is 0 Å². The van der Waals surface area contributed by atoms with Crippen molar-refractivity contribution in [2.24, 2.45) is 0 Å². The third-order valence-electron chi connectivity index (χ3n) is 0.831. The molecule has 0 aliphatic heterocycles.